The highest BCUT2D eigenvalue weighted by atomic mass is 32.2. The van der Waals surface area contributed by atoms with Crippen molar-refractivity contribution in [2.45, 2.75) is 58.5 Å². The van der Waals surface area contributed by atoms with Gasteiger partial charge in [0.2, 0.25) is 15.9 Å². The van der Waals surface area contributed by atoms with Gasteiger partial charge in [-0.3, -0.25) is 9.69 Å². The predicted octanol–water partition coefficient (Wildman–Crippen LogP) is 2.26. The van der Waals surface area contributed by atoms with Crippen molar-refractivity contribution in [3.8, 4) is 0 Å². The van der Waals surface area contributed by atoms with Crippen LogP contribution in [0.4, 0.5) is 0 Å². The van der Waals surface area contributed by atoms with Crippen molar-refractivity contribution in [2.24, 2.45) is 0 Å². The summed E-state index contributed by atoms with van der Waals surface area (Å²) < 4.78 is 27.5. The molecule has 0 bridgehead atoms. The second-order valence-corrected chi connectivity index (χ2v) is 9.84. The van der Waals surface area contributed by atoms with Crippen LogP contribution in [0.1, 0.15) is 38.8 Å². The van der Waals surface area contributed by atoms with Crippen LogP contribution < -0.4 is 0 Å². The minimum atomic E-state index is -3.49. The zero-order valence-corrected chi connectivity index (χ0v) is 18.2. The highest BCUT2D eigenvalue weighted by Gasteiger charge is 2.31. The summed E-state index contributed by atoms with van der Waals surface area (Å²) in [5.41, 5.74) is 1.83. The standard InChI is InChI=1S/C20H33N3O3S/c1-15(2)23(16(3)4)20(24)14-21-9-11-22(12-10-21)27(25,26)19-8-7-17(5)13-18(19)6/h7-8,13,15-16H,9-12,14H2,1-6H3. The fraction of sp³-hybridized carbons (Fsp3) is 0.650. The zero-order chi connectivity index (χ0) is 20.4. The van der Waals surface area contributed by atoms with Crippen LogP contribution in [-0.2, 0) is 14.8 Å². The van der Waals surface area contributed by atoms with E-state index in [0.29, 0.717) is 37.6 Å². The van der Waals surface area contributed by atoms with Crippen LogP contribution in [0.15, 0.2) is 23.1 Å². The number of benzene rings is 1. The zero-order valence-electron chi connectivity index (χ0n) is 17.4. The van der Waals surface area contributed by atoms with E-state index < -0.39 is 10.0 Å². The van der Waals surface area contributed by atoms with Crippen LogP contribution in [0.3, 0.4) is 0 Å². The Morgan fingerprint density at radius 2 is 1.59 bits per heavy atom. The van der Waals surface area contributed by atoms with E-state index in [-0.39, 0.29) is 18.0 Å². The van der Waals surface area contributed by atoms with Gasteiger partial charge in [-0.15, -0.1) is 0 Å². The molecule has 1 heterocycles. The minimum Gasteiger partial charge on any atom is -0.337 e. The van der Waals surface area contributed by atoms with Gasteiger partial charge in [-0.1, -0.05) is 17.7 Å². The Kier molecular flexibility index (Phi) is 7.05. The molecule has 1 aromatic carbocycles. The molecule has 0 radical (unpaired) electrons. The summed E-state index contributed by atoms with van der Waals surface area (Å²) in [5.74, 6) is 0.102. The molecule has 0 N–H and O–H groups in total. The highest BCUT2D eigenvalue weighted by molar-refractivity contribution is 7.89. The van der Waals surface area contributed by atoms with Gasteiger partial charge in [-0.25, -0.2) is 8.42 Å². The number of piperazine rings is 1. The monoisotopic (exact) mass is 395 g/mol. The van der Waals surface area contributed by atoms with Gasteiger partial charge in [-0.2, -0.15) is 4.31 Å². The second-order valence-electron chi connectivity index (χ2n) is 7.94. The van der Waals surface area contributed by atoms with Gasteiger partial charge < -0.3 is 4.90 Å². The molecule has 6 nitrogen and oxygen atoms in total. The van der Waals surface area contributed by atoms with Crippen LogP contribution in [0.25, 0.3) is 0 Å². The van der Waals surface area contributed by atoms with Crippen molar-refractivity contribution >= 4 is 15.9 Å². The Hall–Kier alpha value is -1.44. The molecule has 0 saturated carbocycles. The van der Waals surface area contributed by atoms with Crippen LogP contribution in [0.2, 0.25) is 0 Å². The lowest BCUT2D eigenvalue weighted by atomic mass is 10.2. The highest BCUT2D eigenvalue weighted by Crippen LogP contribution is 2.22. The number of carbonyl (C=O) groups excluding carboxylic acids is 1. The van der Waals surface area contributed by atoms with Crippen molar-refractivity contribution in [1.82, 2.24) is 14.1 Å². The minimum absolute atomic E-state index is 0.102. The third kappa shape index (κ3) is 5.09. The first-order chi connectivity index (χ1) is 12.5. The fourth-order valence-electron chi connectivity index (χ4n) is 3.80. The van der Waals surface area contributed by atoms with Crippen molar-refractivity contribution in [3.63, 3.8) is 0 Å². The summed E-state index contributed by atoms with van der Waals surface area (Å²) in [6.45, 7) is 14.2. The maximum atomic E-state index is 13.0. The Balaban J connectivity index is 2.01. The molecule has 0 atom stereocenters. The molecule has 2 rings (SSSR count). The number of aryl methyl sites for hydroxylation is 2. The Morgan fingerprint density at radius 1 is 1.04 bits per heavy atom. The topological polar surface area (TPSA) is 60.9 Å². The molecule has 1 saturated heterocycles. The van der Waals surface area contributed by atoms with E-state index in [0.717, 1.165) is 11.1 Å². The van der Waals surface area contributed by atoms with Gasteiger partial charge in [-0.05, 0) is 53.2 Å². The lowest BCUT2D eigenvalue weighted by Gasteiger charge is -2.37. The Labute approximate surface area is 164 Å². The van der Waals surface area contributed by atoms with E-state index in [1.165, 1.54) is 4.31 Å². The predicted molar refractivity (Wildman–Crippen MR) is 108 cm³/mol. The summed E-state index contributed by atoms with van der Waals surface area (Å²) >= 11 is 0. The number of carbonyl (C=O) groups is 1. The molecule has 0 unspecified atom stereocenters. The Bertz CT molecular complexity index is 759. The molecule has 1 aliphatic heterocycles. The van der Waals surface area contributed by atoms with Crippen LogP contribution in [0.5, 0.6) is 0 Å². The average Bonchev–Trinajstić information content (AvgIpc) is 2.54. The smallest absolute Gasteiger partial charge is 0.243 e. The molecule has 7 heteroatoms. The van der Waals surface area contributed by atoms with Crippen LogP contribution >= 0.6 is 0 Å². The number of hydrogen-bond acceptors (Lipinski definition) is 4. The van der Waals surface area contributed by atoms with Crippen molar-refractivity contribution in [3.05, 3.63) is 29.3 Å². The van der Waals surface area contributed by atoms with E-state index >= 15 is 0 Å². The number of nitrogens with zero attached hydrogens (tertiary/aromatic N) is 3. The first kappa shape index (κ1) is 21.9. The summed E-state index contributed by atoms with van der Waals surface area (Å²) in [6.07, 6.45) is 0. The molecule has 1 amide bonds. The third-order valence-corrected chi connectivity index (χ3v) is 7.10. The normalized spacial score (nSPS) is 16.9. The van der Waals surface area contributed by atoms with E-state index in [4.69, 9.17) is 0 Å². The van der Waals surface area contributed by atoms with Crippen LogP contribution in [-0.4, -0.2) is 73.2 Å². The molecule has 1 fully saturated rings. The van der Waals surface area contributed by atoms with Gasteiger partial charge in [0.25, 0.3) is 0 Å². The molecule has 27 heavy (non-hydrogen) atoms. The van der Waals surface area contributed by atoms with Gasteiger partial charge in [0, 0.05) is 38.3 Å². The Morgan fingerprint density at radius 3 is 2.07 bits per heavy atom. The van der Waals surface area contributed by atoms with E-state index in [9.17, 15) is 13.2 Å². The molecule has 0 aliphatic carbocycles. The number of amides is 1. The van der Waals surface area contributed by atoms with Crippen molar-refractivity contribution in [1.29, 1.82) is 0 Å². The summed E-state index contributed by atoms with van der Waals surface area (Å²) in [4.78, 5) is 16.9. The molecule has 1 aromatic rings. The van der Waals surface area contributed by atoms with E-state index in [1.54, 1.807) is 6.07 Å². The van der Waals surface area contributed by atoms with E-state index in [1.807, 2.05) is 63.5 Å². The van der Waals surface area contributed by atoms with Gasteiger partial charge in [0.05, 0.1) is 11.4 Å². The summed E-state index contributed by atoms with van der Waals surface area (Å²) in [5, 5.41) is 0. The molecule has 0 aromatic heterocycles. The van der Waals surface area contributed by atoms with Gasteiger partial charge in [0.15, 0.2) is 0 Å². The van der Waals surface area contributed by atoms with Gasteiger partial charge in [0.1, 0.15) is 0 Å². The SMILES string of the molecule is Cc1ccc(S(=O)(=O)N2CCN(CC(=O)N(C(C)C)C(C)C)CC2)c(C)c1. The summed E-state index contributed by atoms with van der Waals surface area (Å²) in [7, 11) is -3.49. The van der Waals surface area contributed by atoms with E-state index in [2.05, 4.69) is 0 Å². The lowest BCUT2D eigenvalue weighted by Crippen LogP contribution is -2.53. The quantitative estimate of drug-likeness (QED) is 0.741. The number of sulfonamides is 1. The number of rotatable bonds is 6. The third-order valence-electron chi connectivity index (χ3n) is 5.04. The lowest BCUT2D eigenvalue weighted by molar-refractivity contribution is -0.136. The summed E-state index contributed by atoms with van der Waals surface area (Å²) in [6, 6.07) is 5.74. The fourth-order valence-corrected chi connectivity index (χ4v) is 5.43. The number of hydrogen-bond donors (Lipinski definition) is 0. The molecule has 0 spiro atoms. The van der Waals surface area contributed by atoms with Crippen molar-refractivity contribution in [2.75, 3.05) is 32.7 Å². The van der Waals surface area contributed by atoms with Crippen LogP contribution in [0, 0.1) is 13.8 Å². The first-order valence-electron chi connectivity index (χ1n) is 9.65. The first-order valence-corrected chi connectivity index (χ1v) is 11.1. The largest absolute Gasteiger partial charge is 0.337 e. The van der Waals surface area contributed by atoms with Gasteiger partial charge >= 0.3 is 0 Å². The molecular formula is C20H33N3O3S. The molecule has 152 valence electrons. The van der Waals surface area contributed by atoms with Crippen molar-refractivity contribution < 1.29 is 13.2 Å². The molecular weight excluding hydrogens is 362 g/mol. The maximum absolute atomic E-state index is 13.0. The second kappa shape index (κ2) is 8.71. The maximum Gasteiger partial charge on any atom is 0.243 e. The molecule has 1 aliphatic rings. The average molecular weight is 396 g/mol.